The lowest BCUT2D eigenvalue weighted by molar-refractivity contribution is -0.177. The average Bonchev–Trinajstić information content (AvgIpc) is 3.59. The van der Waals surface area contributed by atoms with E-state index in [1.165, 1.54) is 10.9 Å². The molecule has 1 aliphatic heterocycles. The highest BCUT2D eigenvalue weighted by Crippen LogP contribution is 2.35. The van der Waals surface area contributed by atoms with Gasteiger partial charge >= 0.3 is 5.97 Å². The van der Waals surface area contributed by atoms with E-state index in [0.29, 0.717) is 5.56 Å². The van der Waals surface area contributed by atoms with Crippen LogP contribution < -0.4 is 5.73 Å². The summed E-state index contributed by atoms with van der Waals surface area (Å²) in [5.41, 5.74) is 4.82. The van der Waals surface area contributed by atoms with Crippen LogP contribution in [0.5, 0.6) is 0 Å². The van der Waals surface area contributed by atoms with E-state index < -0.39 is 42.7 Å². The van der Waals surface area contributed by atoms with E-state index in [9.17, 15) is 20.1 Å². The molecule has 4 heterocycles. The number of aliphatic carboxylic acids is 1. The predicted molar refractivity (Wildman–Crippen MR) is 120 cm³/mol. The Balaban J connectivity index is 1.42. The van der Waals surface area contributed by atoms with E-state index in [1.54, 1.807) is 30.3 Å². The molecular weight excluding hydrogens is 498 g/mol. The third-order valence-corrected chi connectivity index (χ3v) is 6.04. The van der Waals surface area contributed by atoms with E-state index >= 15 is 0 Å². The Labute approximate surface area is 206 Å². The van der Waals surface area contributed by atoms with Crippen LogP contribution >= 0.6 is 11.6 Å². The summed E-state index contributed by atoms with van der Waals surface area (Å²) in [6.45, 7) is -0.438. The number of aromatic nitrogens is 8. The van der Waals surface area contributed by atoms with Gasteiger partial charge in [0.05, 0.1) is 12.9 Å². The molecule has 0 radical (unpaired) electrons. The summed E-state index contributed by atoms with van der Waals surface area (Å²) in [6, 6.07) is 8.74. The number of H-pyrrole nitrogens is 1. The van der Waals surface area contributed by atoms with Gasteiger partial charge in [-0.15, -0.1) is 10.2 Å². The quantitative estimate of drug-likeness (QED) is 0.185. The number of benzene rings is 1. The zero-order chi connectivity index (χ0) is 25.4. The number of halogens is 1. The van der Waals surface area contributed by atoms with Crippen molar-refractivity contribution in [3.8, 4) is 0 Å². The number of rotatable bonds is 8. The van der Waals surface area contributed by atoms with Crippen LogP contribution in [-0.2, 0) is 26.3 Å². The number of carbonyl (C=O) groups is 1. The number of carboxylic acids is 1. The molecule has 5 atom stereocenters. The number of nitrogen functional groups attached to an aromatic ring is 1. The minimum atomic E-state index is -2.06. The number of hydrogen-bond acceptors (Lipinski definition) is 12. The third kappa shape index (κ3) is 4.12. The minimum Gasteiger partial charge on any atom is -0.479 e. The standard InChI is InChI=1S/C20H20ClN9O6/c21-19-24-14(22)11-15(25-19)30(8-23-11)16-13(32)12(31)10(36-16)7-35-20(18(33)34,17-26-28-29-27-17)6-9-4-2-1-3-5-9/h1-5,8,10,12-13,16,31-32H,6-7H2,(H,33,34)(H2,22,24,25)(H,26,27,28,29)/t10-,12-,13-,16-,20+/m1/s1. The van der Waals surface area contributed by atoms with Crippen LogP contribution in [0.1, 0.15) is 17.6 Å². The summed E-state index contributed by atoms with van der Waals surface area (Å²) < 4.78 is 13.1. The molecule has 4 aromatic rings. The number of anilines is 1. The number of fused-ring (bicyclic) bond motifs is 1. The second-order valence-corrected chi connectivity index (χ2v) is 8.43. The summed E-state index contributed by atoms with van der Waals surface area (Å²) >= 11 is 5.91. The van der Waals surface area contributed by atoms with Gasteiger partial charge in [-0.05, 0) is 17.2 Å². The molecular formula is C20H20ClN9O6. The van der Waals surface area contributed by atoms with E-state index in [0.717, 1.165) is 0 Å². The summed E-state index contributed by atoms with van der Waals surface area (Å²) in [5, 5.41) is 44.8. The number of carboxylic acid groups (broad SMARTS) is 1. The highest BCUT2D eigenvalue weighted by atomic mass is 35.5. The van der Waals surface area contributed by atoms with Crippen LogP contribution in [0.15, 0.2) is 36.7 Å². The number of imidazole rings is 1. The van der Waals surface area contributed by atoms with Gasteiger partial charge < -0.3 is 30.5 Å². The van der Waals surface area contributed by atoms with Gasteiger partial charge in [-0.2, -0.15) is 15.2 Å². The molecule has 1 aromatic carbocycles. The van der Waals surface area contributed by atoms with Crippen molar-refractivity contribution in [2.75, 3.05) is 12.3 Å². The minimum absolute atomic E-state index is 0.0314. The fourth-order valence-electron chi connectivity index (χ4n) is 4.06. The van der Waals surface area contributed by atoms with E-state index in [1.807, 2.05) is 0 Å². The monoisotopic (exact) mass is 517 g/mol. The van der Waals surface area contributed by atoms with Crippen LogP contribution in [0.25, 0.3) is 11.2 Å². The number of ether oxygens (including phenoxy) is 2. The summed E-state index contributed by atoms with van der Waals surface area (Å²) in [5.74, 6) is -1.56. The Morgan fingerprint density at radius 3 is 2.72 bits per heavy atom. The van der Waals surface area contributed by atoms with Gasteiger partial charge in [0, 0.05) is 6.42 Å². The number of aromatic amines is 1. The maximum absolute atomic E-state index is 12.5. The molecule has 0 saturated carbocycles. The number of nitrogens with one attached hydrogen (secondary N) is 1. The van der Waals surface area contributed by atoms with Crippen LogP contribution in [0, 0.1) is 0 Å². The van der Waals surface area contributed by atoms with Crippen LogP contribution in [0.3, 0.4) is 0 Å². The molecule has 0 amide bonds. The van der Waals surface area contributed by atoms with Gasteiger partial charge in [0.15, 0.2) is 17.7 Å². The molecule has 1 saturated heterocycles. The molecule has 3 aromatic heterocycles. The number of aliphatic hydroxyl groups is 2. The molecule has 16 heteroatoms. The number of tetrazole rings is 1. The molecule has 188 valence electrons. The van der Waals surface area contributed by atoms with Crippen molar-refractivity contribution in [3.63, 3.8) is 0 Å². The van der Waals surface area contributed by atoms with Crippen molar-refractivity contribution < 1.29 is 29.6 Å². The topological polar surface area (TPSA) is 220 Å². The Morgan fingerprint density at radius 1 is 1.25 bits per heavy atom. The van der Waals surface area contributed by atoms with Crippen LogP contribution in [0.4, 0.5) is 5.82 Å². The number of nitrogens with zero attached hydrogens (tertiary/aromatic N) is 7. The Morgan fingerprint density at radius 2 is 2.03 bits per heavy atom. The second kappa shape index (κ2) is 9.36. The average molecular weight is 518 g/mol. The smallest absolute Gasteiger partial charge is 0.344 e. The Kier molecular flexibility index (Phi) is 6.23. The molecule has 0 bridgehead atoms. The van der Waals surface area contributed by atoms with Crippen molar-refractivity contribution in [2.24, 2.45) is 0 Å². The number of hydrogen-bond donors (Lipinski definition) is 5. The van der Waals surface area contributed by atoms with Crippen molar-refractivity contribution >= 4 is 34.6 Å². The molecule has 36 heavy (non-hydrogen) atoms. The van der Waals surface area contributed by atoms with Crippen LogP contribution in [-0.4, -0.2) is 86.4 Å². The molecule has 6 N–H and O–H groups in total. The van der Waals surface area contributed by atoms with Crippen molar-refractivity contribution in [1.29, 1.82) is 0 Å². The molecule has 5 rings (SSSR count). The first-order valence-corrected chi connectivity index (χ1v) is 11.0. The van der Waals surface area contributed by atoms with Crippen molar-refractivity contribution in [2.45, 2.75) is 36.6 Å². The van der Waals surface area contributed by atoms with Crippen molar-refractivity contribution in [3.05, 3.63) is 53.3 Å². The predicted octanol–water partition coefficient (Wildman–Crippen LogP) is -0.566. The van der Waals surface area contributed by atoms with Gasteiger partial charge in [0.1, 0.15) is 23.8 Å². The zero-order valence-corrected chi connectivity index (χ0v) is 19.1. The first-order chi connectivity index (χ1) is 17.3. The molecule has 0 spiro atoms. The molecule has 15 nitrogen and oxygen atoms in total. The number of nitrogens with two attached hydrogens (primary N) is 1. The number of aliphatic hydroxyl groups excluding tert-OH is 2. The molecule has 0 aliphatic carbocycles. The van der Waals surface area contributed by atoms with E-state index in [-0.39, 0.29) is 34.5 Å². The Bertz CT molecular complexity index is 1370. The largest absolute Gasteiger partial charge is 0.479 e. The van der Waals surface area contributed by atoms with Gasteiger partial charge in [-0.25, -0.2) is 9.78 Å². The highest BCUT2D eigenvalue weighted by molar-refractivity contribution is 6.28. The maximum atomic E-state index is 12.5. The second-order valence-electron chi connectivity index (χ2n) is 8.09. The van der Waals surface area contributed by atoms with E-state index in [2.05, 4.69) is 35.6 Å². The van der Waals surface area contributed by atoms with Gasteiger partial charge in [-0.3, -0.25) is 4.57 Å². The van der Waals surface area contributed by atoms with Crippen LogP contribution in [0.2, 0.25) is 5.28 Å². The summed E-state index contributed by atoms with van der Waals surface area (Å²) in [4.78, 5) is 24.5. The van der Waals surface area contributed by atoms with Crippen molar-refractivity contribution in [1.82, 2.24) is 40.1 Å². The normalized spacial score (nSPS) is 23.6. The highest BCUT2D eigenvalue weighted by Gasteiger charge is 2.50. The summed E-state index contributed by atoms with van der Waals surface area (Å²) in [7, 11) is 0. The van der Waals surface area contributed by atoms with Gasteiger partial charge in [0.2, 0.25) is 16.7 Å². The van der Waals surface area contributed by atoms with Gasteiger partial charge in [-0.1, -0.05) is 35.5 Å². The van der Waals surface area contributed by atoms with Gasteiger partial charge in [0.25, 0.3) is 0 Å². The Hall–Kier alpha value is -3.76. The summed E-state index contributed by atoms with van der Waals surface area (Å²) in [6.07, 6.45) is -4.01. The third-order valence-electron chi connectivity index (χ3n) is 5.87. The lowest BCUT2D eigenvalue weighted by Crippen LogP contribution is -2.45. The lowest BCUT2D eigenvalue weighted by atomic mass is 9.93. The fourth-order valence-corrected chi connectivity index (χ4v) is 4.23. The first-order valence-electron chi connectivity index (χ1n) is 10.6. The molecule has 1 fully saturated rings. The molecule has 0 unspecified atom stereocenters. The fraction of sp³-hybridized carbons (Fsp3) is 0.350. The lowest BCUT2D eigenvalue weighted by Gasteiger charge is -2.28. The first kappa shape index (κ1) is 24.0. The van der Waals surface area contributed by atoms with E-state index in [4.69, 9.17) is 26.8 Å². The zero-order valence-electron chi connectivity index (χ0n) is 18.3. The SMILES string of the molecule is Nc1nc(Cl)nc2c1ncn2[C@@H]1O[C@H](CO[C@](Cc2ccccc2)(C(=O)O)c2nn[nH]n2)[C@@H](O)[C@H]1O. The maximum Gasteiger partial charge on any atom is 0.344 e. The molecule has 1 aliphatic rings.